The molecule has 19 heavy (non-hydrogen) atoms. The average Bonchev–Trinajstić information content (AvgIpc) is 2.49. The van der Waals surface area contributed by atoms with Crippen LogP contribution in [0.25, 0.3) is 16.8 Å². The summed E-state index contributed by atoms with van der Waals surface area (Å²) in [5, 5.41) is 0. The Kier molecular flexibility index (Phi) is 2.94. The van der Waals surface area contributed by atoms with E-state index in [1.54, 1.807) is 17.1 Å². The van der Waals surface area contributed by atoms with Crippen LogP contribution < -0.4 is 5.56 Å². The van der Waals surface area contributed by atoms with E-state index in [1.165, 1.54) is 0 Å². The van der Waals surface area contributed by atoms with Crippen molar-refractivity contribution >= 4 is 0 Å². The molecule has 1 heterocycles. The minimum Gasteiger partial charge on any atom is -0.268 e. The summed E-state index contributed by atoms with van der Waals surface area (Å²) in [5.41, 5.74) is 2.24. The summed E-state index contributed by atoms with van der Waals surface area (Å²) in [4.78, 5) is 16.7. The highest BCUT2D eigenvalue weighted by Crippen LogP contribution is 2.14. The third-order valence-corrected chi connectivity index (χ3v) is 2.95. The van der Waals surface area contributed by atoms with Gasteiger partial charge in [0.15, 0.2) is 0 Å². The van der Waals surface area contributed by atoms with Gasteiger partial charge in [-0.1, -0.05) is 48.5 Å². The molecular formula is C16H12N2O. The minimum absolute atomic E-state index is 0.0626. The number of rotatable bonds is 2. The first-order chi connectivity index (χ1) is 9.36. The first kappa shape index (κ1) is 11.4. The molecule has 0 spiro atoms. The highest BCUT2D eigenvalue weighted by molar-refractivity contribution is 5.61. The fourth-order valence-corrected chi connectivity index (χ4v) is 2.00. The van der Waals surface area contributed by atoms with E-state index in [4.69, 9.17) is 0 Å². The van der Waals surface area contributed by atoms with Gasteiger partial charge in [-0.05, 0) is 17.7 Å². The Morgan fingerprint density at radius 3 is 2.16 bits per heavy atom. The van der Waals surface area contributed by atoms with Crippen LogP contribution >= 0.6 is 0 Å². The lowest BCUT2D eigenvalue weighted by Crippen LogP contribution is -2.20. The van der Waals surface area contributed by atoms with E-state index in [0.717, 1.165) is 11.3 Å². The standard InChI is InChI=1S/C16H12N2O/c19-16-15(13-7-3-1-4-8-13)11-17-12-18(16)14-9-5-2-6-10-14/h1-12H. The summed E-state index contributed by atoms with van der Waals surface area (Å²) < 4.78 is 1.56. The molecule has 0 aliphatic rings. The first-order valence-electron chi connectivity index (χ1n) is 6.04. The normalized spacial score (nSPS) is 10.3. The lowest BCUT2D eigenvalue weighted by Gasteiger charge is -2.07. The molecule has 0 aliphatic heterocycles. The van der Waals surface area contributed by atoms with Crippen molar-refractivity contribution in [3.05, 3.63) is 83.5 Å². The van der Waals surface area contributed by atoms with Gasteiger partial charge in [0.25, 0.3) is 5.56 Å². The molecule has 2 aromatic carbocycles. The molecule has 0 saturated heterocycles. The van der Waals surface area contributed by atoms with E-state index in [1.807, 2.05) is 60.7 Å². The SMILES string of the molecule is O=c1c(-c2ccccc2)cncn1-c1ccccc1. The van der Waals surface area contributed by atoms with Crippen LogP contribution in [0.5, 0.6) is 0 Å². The van der Waals surface area contributed by atoms with Crippen LogP contribution in [0.2, 0.25) is 0 Å². The third-order valence-electron chi connectivity index (χ3n) is 2.95. The molecule has 92 valence electrons. The summed E-state index contributed by atoms with van der Waals surface area (Å²) in [7, 11) is 0. The summed E-state index contributed by atoms with van der Waals surface area (Å²) in [6.07, 6.45) is 3.15. The Bertz CT molecular complexity index is 673. The van der Waals surface area contributed by atoms with E-state index in [9.17, 15) is 4.79 Å². The van der Waals surface area contributed by atoms with Crippen LogP contribution in [0.3, 0.4) is 0 Å². The van der Waals surface area contributed by atoms with Crippen LogP contribution in [-0.4, -0.2) is 9.55 Å². The van der Waals surface area contributed by atoms with Gasteiger partial charge in [-0.25, -0.2) is 4.98 Å². The smallest absolute Gasteiger partial charge is 0.265 e. The highest BCUT2D eigenvalue weighted by Gasteiger charge is 2.07. The molecule has 0 fully saturated rings. The number of hydrogen-bond acceptors (Lipinski definition) is 2. The molecule has 0 radical (unpaired) electrons. The molecule has 0 bridgehead atoms. The lowest BCUT2D eigenvalue weighted by atomic mass is 10.1. The molecule has 3 rings (SSSR count). The van der Waals surface area contributed by atoms with E-state index >= 15 is 0 Å². The summed E-state index contributed by atoms with van der Waals surface area (Å²) in [5.74, 6) is 0. The van der Waals surface area contributed by atoms with E-state index < -0.39 is 0 Å². The van der Waals surface area contributed by atoms with Crippen molar-refractivity contribution in [2.45, 2.75) is 0 Å². The van der Waals surface area contributed by atoms with Crippen LogP contribution in [0, 0.1) is 0 Å². The van der Waals surface area contributed by atoms with Gasteiger partial charge < -0.3 is 0 Å². The highest BCUT2D eigenvalue weighted by atomic mass is 16.1. The molecule has 0 amide bonds. The largest absolute Gasteiger partial charge is 0.268 e. The number of benzene rings is 2. The quantitative estimate of drug-likeness (QED) is 0.699. The molecule has 1 aromatic heterocycles. The summed E-state index contributed by atoms with van der Waals surface area (Å²) in [6, 6.07) is 19.1. The molecule has 0 unspecified atom stereocenters. The first-order valence-corrected chi connectivity index (χ1v) is 6.04. The van der Waals surface area contributed by atoms with Gasteiger partial charge in [0, 0.05) is 6.20 Å². The summed E-state index contributed by atoms with van der Waals surface area (Å²) >= 11 is 0. The van der Waals surface area contributed by atoms with Crippen molar-refractivity contribution in [2.24, 2.45) is 0 Å². The maximum atomic E-state index is 12.5. The average molecular weight is 248 g/mol. The zero-order valence-electron chi connectivity index (χ0n) is 10.2. The second kappa shape index (κ2) is 4.90. The van der Waals surface area contributed by atoms with Gasteiger partial charge >= 0.3 is 0 Å². The van der Waals surface area contributed by atoms with Crippen LogP contribution in [0.1, 0.15) is 0 Å². The Hall–Kier alpha value is -2.68. The maximum absolute atomic E-state index is 12.5. The van der Waals surface area contributed by atoms with Gasteiger partial charge in [-0.3, -0.25) is 9.36 Å². The molecular weight excluding hydrogens is 236 g/mol. The lowest BCUT2D eigenvalue weighted by molar-refractivity contribution is 0.939. The predicted molar refractivity (Wildman–Crippen MR) is 75.3 cm³/mol. The monoisotopic (exact) mass is 248 g/mol. The fraction of sp³-hybridized carbons (Fsp3) is 0. The van der Waals surface area contributed by atoms with Crippen molar-refractivity contribution in [3.63, 3.8) is 0 Å². The molecule has 0 aliphatic carbocycles. The third kappa shape index (κ3) is 2.18. The predicted octanol–water partition coefficient (Wildman–Crippen LogP) is 2.90. The Morgan fingerprint density at radius 2 is 1.47 bits per heavy atom. The molecule has 3 heteroatoms. The molecule has 3 aromatic rings. The fourth-order valence-electron chi connectivity index (χ4n) is 2.00. The second-order valence-corrected chi connectivity index (χ2v) is 4.18. The van der Waals surface area contributed by atoms with Crippen molar-refractivity contribution in [1.82, 2.24) is 9.55 Å². The molecule has 3 nitrogen and oxygen atoms in total. The summed E-state index contributed by atoms with van der Waals surface area (Å²) in [6.45, 7) is 0. The zero-order valence-corrected chi connectivity index (χ0v) is 10.2. The van der Waals surface area contributed by atoms with Crippen LogP contribution in [0.15, 0.2) is 78.0 Å². The molecule has 0 saturated carbocycles. The van der Waals surface area contributed by atoms with E-state index in [2.05, 4.69) is 4.98 Å². The zero-order chi connectivity index (χ0) is 13.1. The van der Waals surface area contributed by atoms with Crippen molar-refractivity contribution in [1.29, 1.82) is 0 Å². The van der Waals surface area contributed by atoms with Gasteiger partial charge in [0.05, 0.1) is 11.3 Å². The Labute approximate surface area is 110 Å². The molecule has 0 N–H and O–H groups in total. The van der Waals surface area contributed by atoms with Crippen molar-refractivity contribution in [2.75, 3.05) is 0 Å². The number of hydrogen-bond donors (Lipinski definition) is 0. The Morgan fingerprint density at radius 1 is 0.842 bits per heavy atom. The van der Waals surface area contributed by atoms with Gasteiger partial charge in [0.1, 0.15) is 6.33 Å². The van der Waals surface area contributed by atoms with Crippen LogP contribution in [-0.2, 0) is 0 Å². The van der Waals surface area contributed by atoms with E-state index in [0.29, 0.717) is 5.56 Å². The number of para-hydroxylation sites is 1. The number of nitrogens with zero attached hydrogens (tertiary/aromatic N) is 2. The Balaban J connectivity index is 2.18. The minimum atomic E-state index is -0.0626. The van der Waals surface area contributed by atoms with Crippen molar-refractivity contribution < 1.29 is 0 Å². The van der Waals surface area contributed by atoms with E-state index in [-0.39, 0.29) is 5.56 Å². The number of aromatic nitrogens is 2. The maximum Gasteiger partial charge on any atom is 0.265 e. The second-order valence-electron chi connectivity index (χ2n) is 4.18. The van der Waals surface area contributed by atoms with Crippen LogP contribution in [0.4, 0.5) is 0 Å². The topological polar surface area (TPSA) is 34.9 Å². The van der Waals surface area contributed by atoms with Crippen molar-refractivity contribution in [3.8, 4) is 16.8 Å². The van der Waals surface area contributed by atoms with Gasteiger partial charge in [0.2, 0.25) is 0 Å². The molecule has 0 atom stereocenters. The van der Waals surface area contributed by atoms with Gasteiger partial charge in [-0.2, -0.15) is 0 Å². The van der Waals surface area contributed by atoms with Gasteiger partial charge in [-0.15, -0.1) is 0 Å².